The summed E-state index contributed by atoms with van der Waals surface area (Å²) in [7, 11) is 0. The van der Waals surface area contributed by atoms with Gasteiger partial charge >= 0.3 is 0 Å². The Morgan fingerprint density at radius 1 is 0.660 bits per heavy atom. The van der Waals surface area contributed by atoms with Crippen molar-refractivity contribution < 1.29 is 10.2 Å². The van der Waals surface area contributed by atoms with Crippen LogP contribution in [0.5, 0.6) is 0 Å². The summed E-state index contributed by atoms with van der Waals surface area (Å²) in [6.45, 7) is 10.1. The van der Waals surface area contributed by atoms with Crippen LogP contribution in [0.2, 0.25) is 0 Å². The number of piperidine rings is 2. The molecule has 10 atom stereocenters. The fraction of sp³-hybridized carbons (Fsp3) is 0.455. The van der Waals surface area contributed by atoms with Gasteiger partial charge in [0.2, 0.25) is 0 Å². The molecule has 2 saturated heterocycles. The lowest BCUT2D eigenvalue weighted by Crippen LogP contribution is -2.63. The van der Waals surface area contributed by atoms with E-state index in [1.165, 1.54) is 45.0 Å². The first-order valence-electron chi connectivity index (χ1n) is 19.2. The van der Waals surface area contributed by atoms with Crippen molar-refractivity contribution in [2.24, 2.45) is 23.7 Å². The number of fused-ring (bicyclic) bond motifs is 8. The van der Waals surface area contributed by atoms with Gasteiger partial charge in [0.25, 0.3) is 0 Å². The zero-order valence-corrected chi connectivity index (χ0v) is 28.9. The molecule has 4 saturated carbocycles. The van der Waals surface area contributed by atoms with Crippen LogP contribution in [0.3, 0.4) is 0 Å². The molecule has 4 aliphatic carbocycles. The highest BCUT2D eigenvalue weighted by molar-refractivity contribution is 5.77. The summed E-state index contributed by atoms with van der Waals surface area (Å²) in [5, 5.41) is 21.0. The second kappa shape index (κ2) is 10.3. The van der Waals surface area contributed by atoms with E-state index < -0.39 is 0 Å². The number of nitrogens with zero attached hydrogens (tertiary/aromatic N) is 4. The second-order valence-electron chi connectivity index (χ2n) is 16.5. The van der Waals surface area contributed by atoms with E-state index in [4.69, 9.17) is 0 Å². The van der Waals surface area contributed by atoms with Gasteiger partial charge in [0.05, 0.1) is 25.3 Å². The topological polar surface area (TPSA) is 53.4 Å². The summed E-state index contributed by atoms with van der Waals surface area (Å²) in [5.74, 6) is 1.53. The van der Waals surface area contributed by atoms with Gasteiger partial charge in [-0.15, -0.1) is 13.2 Å². The van der Waals surface area contributed by atoms with Gasteiger partial charge in [-0.2, -0.15) is 0 Å². The highest BCUT2D eigenvalue weighted by Crippen LogP contribution is 2.71. The Morgan fingerprint density at radius 3 is 1.52 bits per heavy atom. The molecule has 2 N–H and O–H groups in total. The molecule has 5 aliphatic heterocycles. The summed E-state index contributed by atoms with van der Waals surface area (Å²) in [6, 6.07) is 20.0. The fourth-order valence-corrected chi connectivity index (χ4v) is 14.2. The number of hydrogen-bond acceptors (Lipinski definition) is 6. The predicted molar refractivity (Wildman–Crippen MR) is 198 cm³/mol. The monoisotopic (exact) mass is 664 g/mol. The molecule has 256 valence electrons. The number of allylic oxidation sites excluding steroid dienone is 2. The van der Waals surface area contributed by atoms with Crippen molar-refractivity contribution in [1.29, 1.82) is 0 Å². The molecule has 4 bridgehead atoms. The van der Waals surface area contributed by atoms with E-state index in [9.17, 15) is 10.2 Å². The summed E-state index contributed by atoms with van der Waals surface area (Å²) in [5.41, 5.74) is 11.5. The van der Waals surface area contributed by atoms with Crippen molar-refractivity contribution in [1.82, 2.24) is 9.80 Å². The van der Waals surface area contributed by atoms with Crippen LogP contribution in [0.25, 0.3) is 0 Å². The Kier molecular flexibility index (Phi) is 6.11. The normalized spacial score (nSPS) is 42.6. The average Bonchev–Trinajstić information content (AvgIpc) is 3.86. The smallest absolute Gasteiger partial charge is 0.0670 e. The fourth-order valence-electron chi connectivity index (χ4n) is 14.2. The van der Waals surface area contributed by atoms with Gasteiger partial charge in [-0.1, -0.05) is 48.6 Å². The van der Waals surface area contributed by atoms with Crippen LogP contribution in [0.1, 0.15) is 49.7 Å². The maximum atomic E-state index is 10.5. The molecule has 0 unspecified atom stereocenters. The lowest BCUT2D eigenvalue weighted by atomic mass is 9.54. The molecule has 6 nitrogen and oxygen atoms in total. The van der Waals surface area contributed by atoms with Gasteiger partial charge < -0.3 is 29.8 Å². The van der Waals surface area contributed by atoms with Gasteiger partial charge in [0.15, 0.2) is 0 Å². The van der Waals surface area contributed by atoms with E-state index in [2.05, 4.69) is 118 Å². The number of para-hydroxylation sites is 2. The minimum absolute atomic E-state index is 0.0233. The first-order chi connectivity index (χ1) is 24.6. The molecular weight excluding hydrogens is 617 g/mol. The number of hydrogen-bond donors (Lipinski definition) is 2. The lowest BCUT2D eigenvalue weighted by Gasteiger charge is -2.59. The number of aliphatic hydroxyl groups is 2. The van der Waals surface area contributed by atoms with Crippen molar-refractivity contribution in [2.45, 2.75) is 73.5 Å². The van der Waals surface area contributed by atoms with Gasteiger partial charge in [0, 0.05) is 83.0 Å². The van der Waals surface area contributed by atoms with Gasteiger partial charge in [-0.25, -0.2) is 0 Å². The molecule has 11 rings (SSSR count). The molecule has 0 radical (unpaired) electrons. The zero-order chi connectivity index (χ0) is 33.5. The molecule has 2 spiro atoms. The van der Waals surface area contributed by atoms with E-state index in [0.29, 0.717) is 23.9 Å². The summed E-state index contributed by atoms with van der Waals surface area (Å²) in [4.78, 5) is 10.8. The Balaban J connectivity index is 1.22. The largest absolute Gasteiger partial charge is 0.392 e. The molecule has 5 heterocycles. The van der Waals surface area contributed by atoms with Crippen LogP contribution in [-0.2, 0) is 10.8 Å². The number of likely N-dealkylation sites (tertiary alicyclic amines) is 2. The molecule has 2 aromatic rings. The van der Waals surface area contributed by atoms with Gasteiger partial charge in [0.1, 0.15) is 0 Å². The van der Waals surface area contributed by atoms with Crippen LogP contribution in [-0.4, -0.2) is 70.5 Å². The highest BCUT2D eigenvalue weighted by Gasteiger charge is 2.71. The number of aliphatic hydroxyl groups excluding tert-OH is 2. The van der Waals surface area contributed by atoms with E-state index in [1.54, 1.807) is 0 Å². The first kappa shape index (κ1) is 29.7. The van der Waals surface area contributed by atoms with E-state index in [0.717, 1.165) is 51.6 Å². The Hall–Kier alpha value is -4.00. The van der Waals surface area contributed by atoms with Crippen molar-refractivity contribution in [3.05, 3.63) is 132 Å². The SMILES string of the molecule is C=CCN1/C(=C\CO)[C@H]2C[C@@H]3[C@@H]1CC[C@]31c3ccccc3N3/C=C4/[C@@H]5C[C@H]6[C@H](CC[C@]67c6ccccc6N(/C=C/2[C@H]31)[C@@H]47)N(CC=C)/C5=C\CO. The molecule has 0 amide bonds. The molecule has 6 heteroatoms. The molecule has 2 aromatic carbocycles. The standard InChI is InChI=1S/C44H48N4O2/c1-3-19-45-35(15-21-49)27-23-33-39(45)13-17-43(33)31-9-5-7-11-37(31)48-26-30-28-24-34-40(46(20-4-2)36(28)16-22-50)14-18-44(34)32-10-6-8-12-38(32)47(42(30)44)25-29(27)41(43)48/h3-12,15-16,25-28,33-34,39-42,49-50H,1-2,13-14,17-24H2/b29-25-,30-26-,35-15-,36-16-/t27-,28-,33-,34+,39-,40-,41-,42-,43-,44-/m0/s1. The van der Waals surface area contributed by atoms with E-state index in [-0.39, 0.29) is 48.0 Å². The third kappa shape index (κ3) is 3.26. The third-order valence-electron chi connectivity index (χ3n) is 15.3. The van der Waals surface area contributed by atoms with Gasteiger partial charge in [-0.05, 0) is 96.9 Å². The minimum Gasteiger partial charge on any atom is -0.392 e. The van der Waals surface area contributed by atoms with Crippen LogP contribution in [0.4, 0.5) is 11.4 Å². The Labute approximate surface area is 296 Å². The third-order valence-corrected chi connectivity index (χ3v) is 15.3. The van der Waals surface area contributed by atoms with Crippen LogP contribution < -0.4 is 9.80 Å². The van der Waals surface area contributed by atoms with E-state index >= 15 is 0 Å². The van der Waals surface area contributed by atoms with Crippen LogP contribution in [0, 0.1) is 23.7 Å². The Morgan fingerprint density at radius 2 is 1.10 bits per heavy atom. The van der Waals surface area contributed by atoms with Crippen molar-refractivity contribution in [2.75, 3.05) is 36.1 Å². The summed E-state index contributed by atoms with van der Waals surface area (Å²) >= 11 is 0. The quantitative estimate of drug-likeness (QED) is 0.350. The van der Waals surface area contributed by atoms with Crippen molar-refractivity contribution >= 4 is 11.4 Å². The maximum absolute atomic E-state index is 10.5. The highest BCUT2D eigenvalue weighted by atomic mass is 16.3. The molecular formula is C44H48N4O2. The van der Waals surface area contributed by atoms with Crippen LogP contribution >= 0.6 is 0 Å². The van der Waals surface area contributed by atoms with Crippen molar-refractivity contribution in [3.63, 3.8) is 0 Å². The number of benzene rings is 2. The lowest BCUT2D eigenvalue weighted by molar-refractivity contribution is 0.0738. The maximum Gasteiger partial charge on any atom is 0.0670 e. The number of rotatable bonds is 6. The van der Waals surface area contributed by atoms with E-state index in [1.807, 2.05) is 0 Å². The zero-order valence-electron chi connectivity index (χ0n) is 28.9. The molecule has 50 heavy (non-hydrogen) atoms. The molecule has 0 aromatic heterocycles. The second-order valence-corrected chi connectivity index (χ2v) is 16.5. The first-order valence-corrected chi connectivity index (χ1v) is 19.2. The summed E-state index contributed by atoms with van der Waals surface area (Å²) < 4.78 is 0. The average molecular weight is 665 g/mol. The van der Waals surface area contributed by atoms with Gasteiger partial charge in [-0.3, -0.25) is 0 Å². The summed E-state index contributed by atoms with van der Waals surface area (Å²) in [6.07, 6.45) is 20.6. The molecule has 9 aliphatic rings. The minimum atomic E-state index is 0.0233. The Bertz CT molecular complexity index is 1820. The number of anilines is 2. The van der Waals surface area contributed by atoms with Crippen molar-refractivity contribution in [3.8, 4) is 0 Å². The van der Waals surface area contributed by atoms with Crippen LogP contribution in [0.15, 0.2) is 121 Å². The molecule has 6 fully saturated rings. The predicted octanol–water partition coefficient (Wildman–Crippen LogP) is 6.37.